The first-order chi connectivity index (χ1) is 15.6. The van der Waals surface area contributed by atoms with Crippen LogP contribution >= 0.6 is 60.4 Å². The second-order valence-corrected chi connectivity index (χ2v) is 13.8. The van der Waals surface area contributed by atoms with E-state index in [1.54, 1.807) is 12.1 Å². The summed E-state index contributed by atoms with van der Waals surface area (Å²) in [6, 6.07) is 11.5. The summed E-state index contributed by atoms with van der Waals surface area (Å²) in [5.41, 5.74) is 2.21. The summed E-state index contributed by atoms with van der Waals surface area (Å²) in [5.74, 6) is 0. The number of benzene rings is 2. The van der Waals surface area contributed by atoms with E-state index < -0.39 is 9.84 Å². The molecule has 2 heterocycles. The Bertz CT molecular complexity index is 916. The summed E-state index contributed by atoms with van der Waals surface area (Å²) in [7, 11) is -3.22. The molecule has 9 heteroatoms. The number of aryl methyl sites for hydroxylation is 2. The van der Waals surface area contributed by atoms with E-state index in [1.165, 1.54) is 5.56 Å². The van der Waals surface area contributed by atoms with Gasteiger partial charge in [-0.15, -0.1) is 0 Å². The first-order valence-corrected chi connectivity index (χ1v) is 15.3. The number of sulfone groups is 1. The van der Waals surface area contributed by atoms with Crippen LogP contribution in [0.25, 0.3) is 0 Å². The van der Waals surface area contributed by atoms with Gasteiger partial charge in [-0.25, -0.2) is 8.42 Å². The molecule has 0 unspecified atom stereocenters. The molecular formula is C24H31Br3O4S2. The Labute approximate surface area is 228 Å². The summed E-state index contributed by atoms with van der Waals surface area (Å²) in [6.45, 7) is 6.86. The third kappa shape index (κ3) is 10.7. The molecule has 0 aliphatic carbocycles. The molecule has 2 aliphatic heterocycles. The fraction of sp³-hybridized carbons (Fsp3) is 0.500. The lowest BCUT2D eigenvalue weighted by molar-refractivity contribution is 0.0983. The molecule has 2 saturated heterocycles. The van der Waals surface area contributed by atoms with Crippen LogP contribution in [0.2, 0.25) is 0 Å². The van der Waals surface area contributed by atoms with E-state index in [0.29, 0.717) is 36.2 Å². The van der Waals surface area contributed by atoms with E-state index in [0.717, 1.165) is 45.0 Å². The summed E-state index contributed by atoms with van der Waals surface area (Å²) >= 11 is 14.4. The van der Waals surface area contributed by atoms with Gasteiger partial charge in [0.05, 0.1) is 10.1 Å². The third-order valence-electron chi connectivity index (χ3n) is 5.15. The summed E-state index contributed by atoms with van der Waals surface area (Å²) in [5, 5.41) is 0.304. The zero-order valence-electron chi connectivity index (χ0n) is 18.9. The highest BCUT2D eigenvalue weighted by Gasteiger charge is 2.29. The second kappa shape index (κ2) is 14.6. The predicted molar refractivity (Wildman–Crippen MR) is 149 cm³/mol. The Morgan fingerprint density at radius 1 is 0.727 bits per heavy atom. The molecule has 4 rings (SSSR count). The van der Waals surface area contributed by atoms with Gasteiger partial charge in [0.15, 0.2) is 9.84 Å². The van der Waals surface area contributed by atoms with Crippen LogP contribution in [-0.4, -0.2) is 45.3 Å². The van der Waals surface area contributed by atoms with Crippen LogP contribution in [0.3, 0.4) is 0 Å². The lowest BCUT2D eigenvalue weighted by Gasteiger charge is -2.22. The van der Waals surface area contributed by atoms with Gasteiger partial charge in [-0.05, 0) is 87.1 Å². The van der Waals surface area contributed by atoms with Crippen molar-refractivity contribution in [1.29, 1.82) is 0 Å². The summed E-state index contributed by atoms with van der Waals surface area (Å²) in [4.78, 5) is 0.413. The van der Waals surface area contributed by atoms with Gasteiger partial charge in [-0.2, -0.15) is 12.6 Å². The molecule has 0 atom stereocenters. The number of ether oxygens (including phenoxy) is 2. The molecule has 0 bridgehead atoms. The first kappa shape index (κ1) is 29.3. The fourth-order valence-electron chi connectivity index (χ4n) is 3.42. The minimum Gasteiger partial charge on any atom is -0.381 e. The molecule has 2 aromatic carbocycles. The maximum Gasteiger partial charge on any atom is 0.181 e. The number of rotatable bonds is 2. The van der Waals surface area contributed by atoms with Crippen molar-refractivity contribution in [2.45, 2.75) is 54.9 Å². The predicted octanol–water partition coefficient (Wildman–Crippen LogP) is 7.33. The minimum absolute atomic E-state index is 0.301. The van der Waals surface area contributed by atoms with Crippen molar-refractivity contribution >= 4 is 70.3 Å². The molecule has 4 nitrogen and oxygen atoms in total. The van der Waals surface area contributed by atoms with E-state index >= 15 is 0 Å². The number of thiol groups is 1. The summed E-state index contributed by atoms with van der Waals surface area (Å²) < 4.78 is 38.2. The monoisotopic (exact) mass is 684 g/mol. The van der Waals surface area contributed by atoms with E-state index in [2.05, 4.69) is 79.5 Å². The van der Waals surface area contributed by atoms with Crippen LogP contribution in [0, 0.1) is 13.8 Å². The third-order valence-corrected chi connectivity index (χ3v) is 9.28. The molecule has 0 N–H and O–H groups in total. The molecule has 184 valence electrons. The molecule has 0 radical (unpaired) electrons. The Kier molecular flexibility index (Phi) is 13.0. The van der Waals surface area contributed by atoms with Crippen LogP contribution in [0.4, 0.5) is 0 Å². The van der Waals surface area contributed by atoms with Crippen LogP contribution in [0.1, 0.15) is 36.8 Å². The van der Waals surface area contributed by atoms with Crippen molar-refractivity contribution in [3.63, 3.8) is 0 Å². The van der Waals surface area contributed by atoms with Gasteiger partial charge < -0.3 is 9.47 Å². The van der Waals surface area contributed by atoms with Crippen molar-refractivity contribution in [1.82, 2.24) is 0 Å². The van der Waals surface area contributed by atoms with Gasteiger partial charge in [-0.3, -0.25) is 0 Å². The van der Waals surface area contributed by atoms with Gasteiger partial charge >= 0.3 is 0 Å². The standard InChI is InChI=1S/C12H15BrO3S.C7H6Br2.C5H10OS/c1-9-6-10(13)8-12(7-9)17(14,15)11-2-4-16-5-3-11;1-5-2-6(8)4-7(9)3-5;7-5-1-3-6-4-2-5/h6-8,11H,2-5H2,1H3;2-4H,1H3;5,7H,1-4H2. The van der Waals surface area contributed by atoms with E-state index in [9.17, 15) is 8.42 Å². The number of hydrogen-bond acceptors (Lipinski definition) is 5. The molecule has 0 spiro atoms. The smallest absolute Gasteiger partial charge is 0.181 e. The maximum absolute atomic E-state index is 12.4. The molecule has 2 fully saturated rings. The molecule has 0 saturated carbocycles. The van der Waals surface area contributed by atoms with Gasteiger partial charge in [0.2, 0.25) is 0 Å². The minimum atomic E-state index is -3.22. The van der Waals surface area contributed by atoms with E-state index in [1.807, 2.05) is 19.1 Å². The highest BCUT2D eigenvalue weighted by atomic mass is 79.9. The molecule has 2 aromatic rings. The van der Waals surface area contributed by atoms with Crippen molar-refractivity contribution in [3.05, 3.63) is 60.9 Å². The fourth-order valence-corrected chi connectivity index (χ4v) is 7.75. The van der Waals surface area contributed by atoms with Crippen molar-refractivity contribution in [2.75, 3.05) is 26.4 Å². The van der Waals surface area contributed by atoms with Crippen molar-refractivity contribution < 1.29 is 17.9 Å². The quantitative estimate of drug-likeness (QED) is 0.337. The van der Waals surface area contributed by atoms with Crippen molar-refractivity contribution in [2.24, 2.45) is 0 Å². The van der Waals surface area contributed by atoms with Gasteiger partial charge in [0.1, 0.15) is 0 Å². The van der Waals surface area contributed by atoms with Gasteiger partial charge in [-0.1, -0.05) is 47.8 Å². The highest BCUT2D eigenvalue weighted by Crippen LogP contribution is 2.27. The second-order valence-electron chi connectivity index (χ2n) is 8.11. The molecule has 2 aliphatic rings. The Morgan fingerprint density at radius 2 is 1.15 bits per heavy atom. The van der Waals surface area contributed by atoms with E-state index in [-0.39, 0.29) is 5.25 Å². The zero-order valence-corrected chi connectivity index (χ0v) is 25.4. The van der Waals surface area contributed by atoms with Crippen molar-refractivity contribution in [3.8, 4) is 0 Å². The average Bonchev–Trinajstić information content (AvgIpc) is 2.74. The summed E-state index contributed by atoms with van der Waals surface area (Å²) in [6.07, 6.45) is 3.44. The maximum atomic E-state index is 12.4. The molecular weight excluding hydrogens is 656 g/mol. The average molecular weight is 687 g/mol. The van der Waals surface area contributed by atoms with E-state index in [4.69, 9.17) is 9.47 Å². The zero-order chi connectivity index (χ0) is 24.4. The number of halogens is 3. The van der Waals surface area contributed by atoms with Crippen LogP contribution in [0.5, 0.6) is 0 Å². The van der Waals surface area contributed by atoms with Crippen LogP contribution in [-0.2, 0) is 19.3 Å². The SMILES string of the molecule is Cc1cc(Br)cc(Br)c1.Cc1cc(Br)cc(S(=O)(=O)C2CCOCC2)c1.SC1CCOCC1. The lowest BCUT2D eigenvalue weighted by atomic mass is 10.2. The normalized spacial score (nSPS) is 17.4. The Hall–Kier alpha value is 0.1000. The van der Waals surface area contributed by atoms with Crippen LogP contribution < -0.4 is 0 Å². The molecule has 0 aromatic heterocycles. The molecule has 33 heavy (non-hydrogen) atoms. The van der Waals surface area contributed by atoms with Crippen LogP contribution in [0.15, 0.2) is 54.7 Å². The molecule has 0 amide bonds. The largest absolute Gasteiger partial charge is 0.381 e. The first-order valence-electron chi connectivity index (χ1n) is 10.9. The number of hydrogen-bond donors (Lipinski definition) is 1. The van der Waals surface area contributed by atoms with Gasteiger partial charge in [0, 0.05) is 45.1 Å². The highest BCUT2D eigenvalue weighted by molar-refractivity contribution is 9.11. The lowest BCUT2D eigenvalue weighted by Crippen LogP contribution is -2.29. The Balaban J connectivity index is 0.000000201. The topological polar surface area (TPSA) is 52.6 Å². The van der Waals surface area contributed by atoms with Gasteiger partial charge in [0.25, 0.3) is 0 Å². The Morgan fingerprint density at radius 3 is 1.55 bits per heavy atom.